The van der Waals surface area contributed by atoms with Gasteiger partial charge < -0.3 is 5.32 Å². The van der Waals surface area contributed by atoms with Gasteiger partial charge in [0.15, 0.2) is 0 Å². The molecule has 0 saturated carbocycles. The number of aryl methyl sites for hydroxylation is 1. The lowest BCUT2D eigenvalue weighted by Gasteiger charge is -2.13. The van der Waals surface area contributed by atoms with Gasteiger partial charge in [0.05, 0.1) is 16.6 Å². The number of rotatable bonds is 9. The topological polar surface area (TPSA) is 42.7 Å². The van der Waals surface area contributed by atoms with Gasteiger partial charge in [-0.05, 0) is 43.0 Å². The van der Waals surface area contributed by atoms with E-state index in [1.54, 1.807) is 10.9 Å². The summed E-state index contributed by atoms with van der Waals surface area (Å²) >= 11 is 12.2. The predicted molar refractivity (Wildman–Crippen MR) is 132 cm³/mol. The van der Waals surface area contributed by atoms with Crippen LogP contribution in [0.15, 0.2) is 78.9 Å². The summed E-state index contributed by atoms with van der Waals surface area (Å²) < 4.78 is 0. The predicted octanol–water partition coefficient (Wildman–Crippen LogP) is 6.41. The van der Waals surface area contributed by atoms with Crippen LogP contribution < -0.4 is 5.32 Å². The van der Waals surface area contributed by atoms with E-state index in [0.29, 0.717) is 29.2 Å². The highest BCUT2D eigenvalue weighted by Crippen LogP contribution is 2.24. The van der Waals surface area contributed by atoms with E-state index in [9.17, 15) is 0 Å². The molecule has 3 aromatic carbocycles. The van der Waals surface area contributed by atoms with Crippen molar-refractivity contribution in [1.29, 1.82) is 0 Å². The monoisotopic (exact) mass is 464 g/mol. The quantitative estimate of drug-likeness (QED) is 0.311. The van der Waals surface area contributed by atoms with E-state index < -0.39 is 0 Å². The molecule has 164 valence electrons. The first-order valence-electron chi connectivity index (χ1n) is 10.8. The molecule has 4 nitrogen and oxygen atoms in total. The molecule has 1 heterocycles. The number of nitrogens with zero attached hydrogens (tertiary/aromatic N) is 3. The fourth-order valence-corrected chi connectivity index (χ4v) is 3.92. The molecule has 0 radical (unpaired) electrons. The Hall–Kier alpha value is -2.66. The van der Waals surface area contributed by atoms with Crippen molar-refractivity contribution in [2.75, 3.05) is 0 Å². The lowest BCUT2D eigenvalue weighted by Crippen LogP contribution is -2.26. The highest BCUT2D eigenvalue weighted by molar-refractivity contribution is 6.42. The normalized spacial score (nSPS) is 12.1. The molecule has 0 aliphatic carbocycles. The molecule has 4 aromatic rings. The first-order valence-corrected chi connectivity index (χ1v) is 11.5. The average Bonchev–Trinajstić information content (AvgIpc) is 3.22. The molecular weight excluding hydrogens is 439 g/mol. The fraction of sp³-hybridized carbons (Fsp3) is 0.231. The Bertz CT molecular complexity index is 1140. The van der Waals surface area contributed by atoms with Gasteiger partial charge in [0.1, 0.15) is 11.4 Å². The Morgan fingerprint density at radius 1 is 0.844 bits per heavy atom. The molecule has 0 saturated heterocycles. The molecule has 32 heavy (non-hydrogen) atoms. The van der Waals surface area contributed by atoms with Crippen molar-refractivity contribution in [3.63, 3.8) is 0 Å². The van der Waals surface area contributed by atoms with Gasteiger partial charge in [-0.1, -0.05) is 89.9 Å². The Morgan fingerprint density at radius 2 is 1.56 bits per heavy atom. The third-order valence-electron chi connectivity index (χ3n) is 5.41. The van der Waals surface area contributed by atoms with Crippen LogP contribution in [0.5, 0.6) is 0 Å². The van der Waals surface area contributed by atoms with Crippen LogP contribution >= 0.6 is 23.2 Å². The summed E-state index contributed by atoms with van der Waals surface area (Å²) in [7, 11) is 0. The summed E-state index contributed by atoms with van der Waals surface area (Å²) in [5.74, 6) is 0. The molecule has 0 amide bonds. The smallest absolute Gasteiger partial charge is 0.117 e. The summed E-state index contributed by atoms with van der Waals surface area (Å²) in [4.78, 5) is 1.73. The standard InChI is InChI=1S/C26H26Cl2N4/c1-19(12-13-20-8-4-2-5-9-20)29-17-25-26(22-10-6-3-7-11-22)31-32(30-25)18-21-14-15-23(27)24(28)16-21/h2-11,14-16,19,29H,12-13,17-18H2,1H3/t19-/m0/s1. The molecule has 1 atom stereocenters. The number of nitrogens with one attached hydrogen (secondary N) is 1. The van der Waals surface area contributed by atoms with Gasteiger partial charge in [-0.15, -0.1) is 0 Å². The number of aromatic nitrogens is 3. The van der Waals surface area contributed by atoms with Crippen molar-refractivity contribution in [1.82, 2.24) is 20.3 Å². The molecular formula is C26H26Cl2N4. The molecule has 6 heteroatoms. The highest BCUT2D eigenvalue weighted by atomic mass is 35.5. The molecule has 0 spiro atoms. The zero-order valence-electron chi connectivity index (χ0n) is 18.0. The van der Waals surface area contributed by atoms with Crippen molar-refractivity contribution < 1.29 is 0 Å². The first-order chi connectivity index (χ1) is 15.6. The lowest BCUT2D eigenvalue weighted by atomic mass is 10.1. The van der Waals surface area contributed by atoms with Gasteiger partial charge in [-0.3, -0.25) is 0 Å². The summed E-state index contributed by atoms with van der Waals surface area (Å²) in [5, 5.41) is 14.3. The Labute approximate surface area is 199 Å². The third-order valence-corrected chi connectivity index (χ3v) is 6.15. The van der Waals surface area contributed by atoms with Crippen LogP contribution in [0, 0.1) is 0 Å². The van der Waals surface area contributed by atoms with E-state index in [1.165, 1.54) is 5.56 Å². The van der Waals surface area contributed by atoms with Crippen LogP contribution in [0.25, 0.3) is 11.3 Å². The number of halogens is 2. The summed E-state index contributed by atoms with van der Waals surface area (Å²) in [6, 6.07) is 26.7. The summed E-state index contributed by atoms with van der Waals surface area (Å²) in [6.45, 7) is 3.40. The summed E-state index contributed by atoms with van der Waals surface area (Å²) in [5.41, 5.74) is 5.25. The minimum atomic E-state index is 0.360. The van der Waals surface area contributed by atoms with Gasteiger partial charge in [0.2, 0.25) is 0 Å². The first kappa shape index (κ1) is 22.5. The van der Waals surface area contributed by atoms with Crippen LogP contribution in [0.1, 0.15) is 30.2 Å². The van der Waals surface area contributed by atoms with Crippen molar-refractivity contribution in [3.8, 4) is 11.3 Å². The van der Waals surface area contributed by atoms with Gasteiger partial charge in [-0.2, -0.15) is 15.0 Å². The van der Waals surface area contributed by atoms with Crippen molar-refractivity contribution >= 4 is 23.2 Å². The van der Waals surface area contributed by atoms with Crippen molar-refractivity contribution in [2.24, 2.45) is 0 Å². The van der Waals surface area contributed by atoms with E-state index in [-0.39, 0.29) is 0 Å². The maximum Gasteiger partial charge on any atom is 0.117 e. The maximum atomic E-state index is 6.18. The van der Waals surface area contributed by atoms with Gasteiger partial charge in [0, 0.05) is 18.2 Å². The second kappa shape index (κ2) is 10.8. The third kappa shape index (κ3) is 5.98. The van der Waals surface area contributed by atoms with Crippen molar-refractivity contribution in [2.45, 2.75) is 38.9 Å². The molecule has 0 fully saturated rings. The Morgan fingerprint density at radius 3 is 2.28 bits per heavy atom. The molecule has 0 bridgehead atoms. The summed E-state index contributed by atoms with van der Waals surface area (Å²) in [6.07, 6.45) is 2.10. The van der Waals surface area contributed by atoms with E-state index >= 15 is 0 Å². The Kier molecular flexibility index (Phi) is 7.59. The molecule has 0 aliphatic rings. The number of benzene rings is 3. The van der Waals surface area contributed by atoms with E-state index in [0.717, 1.165) is 35.4 Å². The molecule has 0 unspecified atom stereocenters. The van der Waals surface area contributed by atoms with Gasteiger partial charge >= 0.3 is 0 Å². The van der Waals surface area contributed by atoms with Crippen LogP contribution in [-0.4, -0.2) is 21.0 Å². The van der Waals surface area contributed by atoms with Crippen LogP contribution in [0.3, 0.4) is 0 Å². The fourth-order valence-electron chi connectivity index (χ4n) is 3.59. The van der Waals surface area contributed by atoms with E-state index in [2.05, 4.69) is 54.7 Å². The number of hydrogen-bond donors (Lipinski definition) is 1. The average molecular weight is 465 g/mol. The zero-order chi connectivity index (χ0) is 22.3. The van der Waals surface area contributed by atoms with E-state index in [1.807, 2.05) is 30.3 Å². The highest BCUT2D eigenvalue weighted by Gasteiger charge is 2.15. The Balaban J connectivity index is 1.47. The van der Waals surface area contributed by atoms with E-state index in [4.69, 9.17) is 33.4 Å². The maximum absolute atomic E-state index is 6.18. The lowest BCUT2D eigenvalue weighted by molar-refractivity contribution is 0.503. The van der Waals surface area contributed by atoms with Crippen molar-refractivity contribution in [3.05, 3.63) is 106 Å². The largest absolute Gasteiger partial charge is 0.309 e. The van der Waals surface area contributed by atoms with Gasteiger partial charge in [-0.25, -0.2) is 0 Å². The second-order valence-electron chi connectivity index (χ2n) is 7.95. The molecule has 0 aliphatic heterocycles. The SMILES string of the molecule is C[C@@H](CCc1ccccc1)NCc1nn(Cc2ccc(Cl)c(Cl)c2)nc1-c1ccccc1. The van der Waals surface area contributed by atoms with Crippen LogP contribution in [-0.2, 0) is 19.5 Å². The molecule has 1 aromatic heterocycles. The number of hydrogen-bond acceptors (Lipinski definition) is 3. The molecule has 1 N–H and O–H groups in total. The minimum absolute atomic E-state index is 0.360. The second-order valence-corrected chi connectivity index (χ2v) is 8.76. The van der Waals surface area contributed by atoms with Gasteiger partial charge in [0.25, 0.3) is 0 Å². The zero-order valence-corrected chi connectivity index (χ0v) is 19.5. The minimum Gasteiger partial charge on any atom is -0.309 e. The molecule has 4 rings (SSSR count). The van der Waals surface area contributed by atoms with Crippen LogP contribution in [0.4, 0.5) is 0 Å². The van der Waals surface area contributed by atoms with Crippen LogP contribution in [0.2, 0.25) is 10.0 Å².